The number of piperidine rings is 1. The smallest absolute Gasteiger partial charge is 0.395 e. The van der Waals surface area contributed by atoms with Crippen molar-refractivity contribution >= 4 is 16.6 Å². The van der Waals surface area contributed by atoms with Crippen molar-refractivity contribution in [1.29, 1.82) is 0 Å². The number of hydrogen-bond acceptors (Lipinski definition) is 6. The first-order chi connectivity index (χ1) is 15.8. The van der Waals surface area contributed by atoms with E-state index in [4.69, 9.17) is 10.7 Å². The van der Waals surface area contributed by atoms with Gasteiger partial charge in [-0.25, -0.2) is 4.98 Å². The van der Waals surface area contributed by atoms with Crippen LogP contribution in [0.15, 0.2) is 59.9 Å². The molecule has 3 atom stereocenters. The lowest BCUT2D eigenvalue weighted by Gasteiger charge is -2.38. The Morgan fingerprint density at radius 3 is 2.76 bits per heavy atom. The molecule has 33 heavy (non-hydrogen) atoms. The molecule has 4 bridgehead atoms. The number of rotatable bonds is 1. The van der Waals surface area contributed by atoms with E-state index in [0.717, 1.165) is 5.39 Å². The molecule has 1 unspecified atom stereocenters. The molecule has 4 aromatic rings. The highest BCUT2D eigenvalue weighted by atomic mass is 19.4. The minimum Gasteiger partial charge on any atom is -0.395 e. The number of hydrogen-bond donors (Lipinski definition) is 2. The Hall–Kier alpha value is -3.50. The quantitative estimate of drug-likeness (QED) is 0.463. The summed E-state index contributed by atoms with van der Waals surface area (Å²) in [4.78, 5) is 6.16. The zero-order valence-corrected chi connectivity index (χ0v) is 17.1. The lowest BCUT2D eigenvalue weighted by atomic mass is 9.84. The van der Waals surface area contributed by atoms with Crippen molar-refractivity contribution in [3.05, 3.63) is 71.1 Å². The first kappa shape index (κ1) is 19.0. The van der Waals surface area contributed by atoms with E-state index in [2.05, 4.69) is 10.2 Å². The second-order valence-corrected chi connectivity index (χ2v) is 8.82. The molecule has 0 saturated heterocycles. The number of benzene rings is 1. The van der Waals surface area contributed by atoms with Crippen molar-refractivity contribution in [3.8, 4) is 11.5 Å². The summed E-state index contributed by atoms with van der Waals surface area (Å²) in [5, 5.41) is 19.7. The highest BCUT2D eigenvalue weighted by Crippen LogP contribution is 2.64. The molecule has 5 heterocycles. The fourth-order valence-electron chi connectivity index (χ4n) is 5.77. The van der Waals surface area contributed by atoms with Crippen LogP contribution in [0.3, 0.4) is 0 Å². The fourth-order valence-corrected chi connectivity index (χ4v) is 5.77. The van der Waals surface area contributed by atoms with Gasteiger partial charge in [0.2, 0.25) is 0 Å². The molecular formula is C23H17F3N6O. The van der Waals surface area contributed by atoms with Crippen LogP contribution in [0.1, 0.15) is 17.2 Å². The Kier molecular flexibility index (Phi) is 3.39. The molecule has 1 aliphatic carbocycles. The number of para-hydroxylation sites is 1. The van der Waals surface area contributed by atoms with Crippen LogP contribution in [0.25, 0.3) is 28.1 Å². The topological polar surface area (TPSA) is 92.6 Å². The summed E-state index contributed by atoms with van der Waals surface area (Å²) in [7, 11) is 0. The average molecular weight is 450 g/mol. The molecule has 10 heteroatoms. The van der Waals surface area contributed by atoms with Gasteiger partial charge in [0, 0.05) is 35.4 Å². The van der Waals surface area contributed by atoms with Gasteiger partial charge in [0.15, 0.2) is 17.5 Å². The first-order valence-corrected chi connectivity index (χ1v) is 10.5. The lowest BCUT2D eigenvalue weighted by Crippen LogP contribution is -2.46. The fraction of sp³-hybridized carbons (Fsp3) is 0.261. The lowest BCUT2D eigenvalue weighted by molar-refractivity contribution is -0.181. The Morgan fingerprint density at radius 2 is 1.97 bits per heavy atom. The van der Waals surface area contributed by atoms with Gasteiger partial charge in [0.05, 0.1) is 17.5 Å². The van der Waals surface area contributed by atoms with E-state index >= 15 is 0 Å². The van der Waals surface area contributed by atoms with Crippen molar-refractivity contribution in [2.75, 3.05) is 13.2 Å². The number of pyridine rings is 2. The largest absolute Gasteiger partial charge is 0.413 e. The Labute approximate surface area is 185 Å². The molecule has 3 aliphatic rings. The van der Waals surface area contributed by atoms with E-state index in [-0.39, 0.29) is 18.7 Å². The molecule has 1 aromatic carbocycles. The third-order valence-electron chi connectivity index (χ3n) is 7.12. The van der Waals surface area contributed by atoms with E-state index in [1.807, 2.05) is 24.3 Å². The number of nitrogens with zero attached hydrogens (tertiary/aromatic N) is 5. The maximum Gasteiger partial charge on any atom is 0.413 e. The maximum absolute atomic E-state index is 14.6. The third kappa shape index (κ3) is 2.24. The molecule has 7 nitrogen and oxygen atoms in total. The van der Waals surface area contributed by atoms with E-state index in [1.165, 1.54) is 23.2 Å². The minimum atomic E-state index is -4.57. The van der Waals surface area contributed by atoms with Crippen LogP contribution in [-0.2, 0) is 5.41 Å². The summed E-state index contributed by atoms with van der Waals surface area (Å²) < 4.78 is 45.2. The first-order valence-electron chi connectivity index (χ1n) is 10.5. The van der Waals surface area contributed by atoms with Gasteiger partial charge < -0.3 is 15.7 Å². The van der Waals surface area contributed by atoms with Crippen molar-refractivity contribution in [1.82, 2.24) is 24.5 Å². The Morgan fingerprint density at radius 1 is 1.12 bits per heavy atom. The number of halogens is 3. The SMILES string of the molecule is N[C@@H]1CN2C3=C1C3(CO)c1cccc3ccc(nc13)-c1nnc3ccc(cn13)[C@@H]2C(F)(F)F. The molecular weight excluding hydrogens is 433 g/mol. The Balaban J connectivity index is 1.62. The van der Waals surface area contributed by atoms with Crippen LogP contribution in [0, 0.1) is 0 Å². The summed E-state index contributed by atoms with van der Waals surface area (Å²) in [6.07, 6.45) is -3.15. The van der Waals surface area contributed by atoms with Crippen molar-refractivity contribution in [3.63, 3.8) is 0 Å². The van der Waals surface area contributed by atoms with E-state index in [0.29, 0.717) is 39.5 Å². The van der Waals surface area contributed by atoms with Gasteiger partial charge in [-0.1, -0.05) is 30.3 Å². The van der Waals surface area contributed by atoms with Crippen molar-refractivity contribution in [2.45, 2.75) is 23.7 Å². The number of aliphatic hydroxyl groups is 1. The molecule has 166 valence electrons. The van der Waals surface area contributed by atoms with Gasteiger partial charge in [-0.05, 0) is 23.3 Å². The third-order valence-corrected chi connectivity index (χ3v) is 7.12. The molecule has 0 amide bonds. The van der Waals surface area contributed by atoms with Crippen molar-refractivity contribution in [2.24, 2.45) is 5.73 Å². The molecule has 0 radical (unpaired) electrons. The van der Waals surface area contributed by atoms with E-state index in [9.17, 15) is 18.3 Å². The van der Waals surface area contributed by atoms with Crippen LogP contribution in [0.5, 0.6) is 0 Å². The predicted molar refractivity (Wildman–Crippen MR) is 113 cm³/mol. The predicted octanol–water partition coefficient (Wildman–Crippen LogP) is 2.70. The maximum atomic E-state index is 14.6. The molecule has 3 N–H and O–H groups in total. The van der Waals surface area contributed by atoms with Gasteiger partial charge >= 0.3 is 6.18 Å². The van der Waals surface area contributed by atoms with Crippen molar-refractivity contribution < 1.29 is 18.3 Å². The number of aliphatic hydroxyl groups excluding tert-OH is 1. The summed E-state index contributed by atoms with van der Waals surface area (Å²) in [6.45, 7) is -0.361. The number of aromatic nitrogens is 4. The summed E-state index contributed by atoms with van der Waals surface area (Å²) in [5.74, 6) is 0.354. The van der Waals surface area contributed by atoms with Crippen LogP contribution in [-0.4, -0.2) is 55.0 Å². The minimum absolute atomic E-state index is 0.0209. The van der Waals surface area contributed by atoms with Crippen LogP contribution in [0.2, 0.25) is 0 Å². The molecule has 7 rings (SSSR count). The highest BCUT2D eigenvalue weighted by molar-refractivity contribution is 5.88. The van der Waals surface area contributed by atoms with Gasteiger partial charge in [-0.2, -0.15) is 13.2 Å². The van der Waals surface area contributed by atoms with E-state index in [1.54, 1.807) is 10.5 Å². The monoisotopic (exact) mass is 450 g/mol. The standard InChI is InChI=1S/C23H17F3N6O/c24-23(25,26)19-12-5-7-16-29-30-21(31(16)8-12)15-6-4-11-2-1-3-13(18(11)28-15)22(10-33)17-14(27)9-32(19)20(17)22/h1-8,14,19,33H,9-10,27H2/t14-,19-,22?/m1/s1. The highest BCUT2D eigenvalue weighted by Gasteiger charge is 2.66. The summed E-state index contributed by atoms with van der Waals surface area (Å²) >= 11 is 0. The van der Waals surface area contributed by atoms with Gasteiger partial charge in [-0.3, -0.25) is 4.40 Å². The molecule has 0 spiro atoms. The van der Waals surface area contributed by atoms with Gasteiger partial charge in [-0.15, -0.1) is 10.2 Å². The van der Waals surface area contributed by atoms with Gasteiger partial charge in [0.25, 0.3) is 0 Å². The number of fused-ring (bicyclic) bond motifs is 5. The molecule has 3 aromatic heterocycles. The van der Waals surface area contributed by atoms with Crippen LogP contribution in [0.4, 0.5) is 13.2 Å². The number of alkyl halides is 3. The molecule has 2 aliphatic heterocycles. The van der Waals surface area contributed by atoms with Crippen LogP contribution >= 0.6 is 0 Å². The Bertz CT molecular complexity index is 1530. The van der Waals surface area contributed by atoms with Crippen LogP contribution < -0.4 is 5.73 Å². The van der Waals surface area contributed by atoms with Gasteiger partial charge in [0.1, 0.15) is 5.69 Å². The second kappa shape index (κ2) is 5.89. The zero-order chi connectivity index (χ0) is 22.7. The summed E-state index contributed by atoms with van der Waals surface area (Å²) in [6, 6.07) is 9.61. The molecule has 0 fully saturated rings. The second-order valence-electron chi connectivity index (χ2n) is 8.82. The van der Waals surface area contributed by atoms with E-state index < -0.39 is 23.7 Å². The number of nitrogens with two attached hydrogens (primary N) is 1. The normalized spacial score (nSPS) is 25.7. The average Bonchev–Trinajstić information content (AvgIpc) is 3.09. The zero-order valence-electron chi connectivity index (χ0n) is 17.1. The molecule has 0 saturated carbocycles. The summed E-state index contributed by atoms with van der Waals surface area (Å²) in [5.41, 5.74) is 8.59.